The number of rotatable bonds is 1. The SMILES string of the molecule is CC1(C)c2cc(Br)ccc2-c2ccc(-c3cccc4c3sc3ccccc34)cc21. The van der Waals surface area contributed by atoms with E-state index >= 15 is 0 Å². The lowest BCUT2D eigenvalue weighted by atomic mass is 9.81. The molecule has 0 aliphatic heterocycles. The fourth-order valence-corrected chi connectivity index (χ4v) is 6.45. The molecule has 0 atom stereocenters. The van der Waals surface area contributed by atoms with Gasteiger partial charge in [-0.3, -0.25) is 0 Å². The molecular weight excluding hydrogens is 436 g/mol. The molecule has 0 nitrogen and oxygen atoms in total. The Bertz CT molecular complexity index is 1440. The zero-order valence-corrected chi connectivity index (χ0v) is 18.7. The lowest BCUT2D eigenvalue weighted by Crippen LogP contribution is -2.15. The highest BCUT2D eigenvalue weighted by Gasteiger charge is 2.35. The van der Waals surface area contributed by atoms with Gasteiger partial charge in [-0.15, -0.1) is 11.3 Å². The Hall–Kier alpha value is -2.42. The van der Waals surface area contributed by atoms with E-state index in [-0.39, 0.29) is 5.41 Å². The van der Waals surface area contributed by atoms with Gasteiger partial charge in [0, 0.05) is 30.1 Å². The van der Waals surface area contributed by atoms with Gasteiger partial charge >= 0.3 is 0 Å². The van der Waals surface area contributed by atoms with E-state index in [4.69, 9.17) is 0 Å². The number of thiophene rings is 1. The molecule has 4 aromatic carbocycles. The maximum atomic E-state index is 3.66. The van der Waals surface area contributed by atoms with Gasteiger partial charge in [0.25, 0.3) is 0 Å². The summed E-state index contributed by atoms with van der Waals surface area (Å²) in [7, 11) is 0. The molecule has 5 aromatic rings. The smallest absolute Gasteiger partial charge is 0.0433 e. The first-order valence-corrected chi connectivity index (χ1v) is 11.5. The minimum Gasteiger partial charge on any atom is -0.135 e. The summed E-state index contributed by atoms with van der Waals surface area (Å²) in [4.78, 5) is 0. The third-order valence-electron chi connectivity index (χ3n) is 6.35. The Kier molecular flexibility index (Phi) is 3.63. The summed E-state index contributed by atoms with van der Waals surface area (Å²) in [5.74, 6) is 0. The Balaban J connectivity index is 1.60. The van der Waals surface area contributed by atoms with E-state index in [9.17, 15) is 0 Å². The maximum absolute atomic E-state index is 3.66. The summed E-state index contributed by atoms with van der Waals surface area (Å²) >= 11 is 5.56. The molecule has 2 heteroatoms. The molecule has 0 fully saturated rings. The summed E-state index contributed by atoms with van der Waals surface area (Å²) < 4.78 is 3.88. The summed E-state index contributed by atoms with van der Waals surface area (Å²) in [6.07, 6.45) is 0. The van der Waals surface area contributed by atoms with Gasteiger partial charge in [0.15, 0.2) is 0 Å². The molecule has 1 aromatic heterocycles. The normalized spacial score (nSPS) is 14.3. The summed E-state index contributed by atoms with van der Waals surface area (Å²) in [5, 5.41) is 2.71. The van der Waals surface area contributed by atoms with E-state index < -0.39 is 0 Å². The fourth-order valence-electron chi connectivity index (χ4n) is 4.85. The number of fused-ring (bicyclic) bond motifs is 6. The standard InChI is InChI=1S/C27H19BrS/c1-27(2)23-14-16(10-12-19(23)20-13-11-17(28)15-24(20)27)18-7-5-8-22-21-6-3-4-9-25(21)29-26(18)22/h3-15H,1-2H3. The van der Waals surface area contributed by atoms with Gasteiger partial charge in [-0.1, -0.05) is 84.4 Å². The van der Waals surface area contributed by atoms with E-state index in [0.29, 0.717) is 0 Å². The van der Waals surface area contributed by atoms with Crippen molar-refractivity contribution in [1.29, 1.82) is 0 Å². The van der Waals surface area contributed by atoms with E-state index in [0.717, 1.165) is 4.47 Å². The van der Waals surface area contributed by atoms with Crippen LogP contribution in [-0.4, -0.2) is 0 Å². The predicted molar refractivity (Wildman–Crippen MR) is 130 cm³/mol. The van der Waals surface area contributed by atoms with Crippen LogP contribution < -0.4 is 0 Å². The van der Waals surface area contributed by atoms with E-state index in [1.807, 2.05) is 11.3 Å². The number of hydrogen-bond acceptors (Lipinski definition) is 1. The van der Waals surface area contributed by atoms with Gasteiger partial charge in [0.05, 0.1) is 0 Å². The van der Waals surface area contributed by atoms with Crippen molar-refractivity contribution in [2.24, 2.45) is 0 Å². The largest absolute Gasteiger partial charge is 0.135 e. The number of halogens is 1. The Morgan fingerprint density at radius 2 is 1.41 bits per heavy atom. The van der Waals surface area contributed by atoms with Gasteiger partial charge in [0.2, 0.25) is 0 Å². The average molecular weight is 455 g/mol. The lowest BCUT2D eigenvalue weighted by molar-refractivity contribution is 0.660. The van der Waals surface area contributed by atoms with Crippen molar-refractivity contribution in [3.8, 4) is 22.3 Å². The third kappa shape index (κ3) is 2.43. The number of benzene rings is 4. The first-order chi connectivity index (χ1) is 14.0. The lowest BCUT2D eigenvalue weighted by Gasteiger charge is -2.22. The Morgan fingerprint density at radius 3 is 2.28 bits per heavy atom. The molecule has 0 bridgehead atoms. The van der Waals surface area contributed by atoms with Gasteiger partial charge in [-0.2, -0.15) is 0 Å². The fraction of sp³-hybridized carbons (Fsp3) is 0.111. The van der Waals surface area contributed by atoms with Crippen LogP contribution >= 0.6 is 27.3 Å². The highest BCUT2D eigenvalue weighted by Crippen LogP contribution is 2.51. The van der Waals surface area contributed by atoms with Crippen LogP contribution in [0, 0.1) is 0 Å². The predicted octanol–water partition coefficient (Wildman–Crippen LogP) is 8.79. The first kappa shape index (κ1) is 17.4. The highest BCUT2D eigenvalue weighted by molar-refractivity contribution is 9.10. The van der Waals surface area contributed by atoms with Gasteiger partial charge in [-0.25, -0.2) is 0 Å². The molecule has 0 N–H and O–H groups in total. The monoisotopic (exact) mass is 454 g/mol. The van der Waals surface area contributed by atoms with Crippen molar-refractivity contribution < 1.29 is 0 Å². The zero-order valence-electron chi connectivity index (χ0n) is 16.3. The molecule has 29 heavy (non-hydrogen) atoms. The average Bonchev–Trinajstić information content (AvgIpc) is 3.21. The van der Waals surface area contributed by atoms with Crippen LogP contribution in [0.15, 0.2) is 83.3 Å². The van der Waals surface area contributed by atoms with Crippen molar-refractivity contribution in [2.75, 3.05) is 0 Å². The quantitative estimate of drug-likeness (QED) is 0.237. The summed E-state index contributed by atoms with van der Waals surface area (Å²) in [5.41, 5.74) is 8.18. The molecule has 0 spiro atoms. The summed E-state index contributed by atoms with van der Waals surface area (Å²) in [6.45, 7) is 4.68. The van der Waals surface area contributed by atoms with Crippen LogP contribution in [0.3, 0.4) is 0 Å². The van der Waals surface area contributed by atoms with Crippen molar-refractivity contribution in [3.63, 3.8) is 0 Å². The van der Waals surface area contributed by atoms with Crippen molar-refractivity contribution >= 4 is 47.4 Å². The molecule has 6 rings (SSSR count). The van der Waals surface area contributed by atoms with Crippen molar-refractivity contribution in [3.05, 3.63) is 94.5 Å². The molecule has 0 saturated heterocycles. The van der Waals surface area contributed by atoms with Crippen LogP contribution in [0.5, 0.6) is 0 Å². The molecule has 1 aliphatic rings. The molecule has 0 unspecified atom stereocenters. The van der Waals surface area contributed by atoms with Gasteiger partial charge in [-0.05, 0) is 57.6 Å². The second-order valence-corrected chi connectivity index (χ2v) is 10.3. The molecule has 140 valence electrons. The molecule has 0 saturated carbocycles. The third-order valence-corrected chi connectivity index (χ3v) is 8.07. The van der Waals surface area contributed by atoms with Crippen LogP contribution in [0.1, 0.15) is 25.0 Å². The highest BCUT2D eigenvalue weighted by atomic mass is 79.9. The van der Waals surface area contributed by atoms with Crippen LogP contribution in [-0.2, 0) is 5.41 Å². The van der Waals surface area contributed by atoms with Crippen LogP contribution in [0.2, 0.25) is 0 Å². The second-order valence-electron chi connectivity index (χ2n) is 8.36. The van der Waals surface area contributed by atoms with E-state index in [1.54, 1.807) is 0 Å². The van der Waals surface area contributed by atoms with Gasteiger partial charge in [0.1, 0.15) is 0 Å². The number of hydrogen-bond donors (Lipinski definition) is 0. The first-order valence-electron chi connectivity index (χ1n) is 9.89. The molecule has 0 amide bonds. The van der Waals surface area contributed by atoms with E-state index in [2.05, 4.69) is 109 Å². The van der Waals surface area contributed by atoms with Gasteiger partial charge < -0.3 is 0 Å². The van der Waals surface area contributed by atoms with Crippen LogP contribution in [0.25, 0.3) is 42.4 Å². The Labute approximate surface area is 183 Å². The summed E-state index contributed by atoms with van der Waals surface area (Å²) in [6, 6.07) is 29.2. The molecule has 1 heterocycles. The minimum atomic E-state index is -0.00147. The van der Waals surface area contributed by atoms with E-state index in [1.165, 1.54) is 53.6 Å². The molecule has 0 radical (unpaired) electrons. The molecular formula is C27H19BrS. The minimum absolute atomic E-state index is 0.00147. The van der Waals surface area contributed by atoms with Crippen molar-refractivity contribution in [1.82, 2.24) is 0 Å². The maximum Gasteiger partial charge on any atom is 0.0433 e. The zero-order chi connectivity index (χ0) is 19.8. The topological polar surface area (TPSA) is 0 Å². The molecule has 1 aliphatic carbocycles. The van der Waals surface area contributed by atoms with Crippen LogP contribution in [0.4, 0.5) is 0 Å². The Morgan fingerprint density at radius 1 is 0.690 bits per heavy atom. The second kappa shape index (κ2) is 6.04. The van der Waals surface area contributed by atoms with Crippen molar-refractivity contribution in [2.45, 2.75) is 19.3 Å².